The summed E-state index contributed by atoms with van der Waals surface area (Å²) in [6.45, 7) is 4.24. The third-order valence-electron chi connectivity index (χ3n) is 8.24. The fourth-order valence-corrected chi connectivity index (χ4v) is 5.27. The summed E-state index contributed by atoms with van der Waals surface area (Å²) in [4.78, 5) is 42.2. The Hall–Kier alpha value is -5.35. The molecule has 10 nitrogen and oxygen atoms in total. The summed E-state index contributed by atoms with van der Waals surface area (Å²) in [5.74, 6) is 0.502. The Morgan fingerprint density at radius 1 is 1.02 bits per heavy atom. The Morgan fingerprint density at radius 3 is 2.46 bits per heavy atom. The van der Waals surface area contributed by atoms with E-state index in [0.29, 0.717) is 57.2 Å². The van der Waals surface area contributed by atoms with E-state index >= 15 is 0 Å². The Balaban J connectivity index is 1.23. The molecule has 6 rings (SSSR count). The van der Waals surface area contributed by atoms with E-state index in [1.807, 2.05) is 18.2 Å². The topological polar surface area (TPSA) is 151 Å². The number of hydrogen-bond acceptors (Lipinski definition) is 6. The third-order valence-corrected chi connectivity index (χ3v) is 8.24. The van der Waals surface area contributed by atoms with Gasteiger partial charge in [-0.2, -0.15) is 0 Å². The number of fused-ring (bicyclic) bond motifs is 1. The van der Waals surface area contributed by atoms with Crippen LogP contribution in [-0.2, 0) is 19.2 Å². The fraction of sp³-hybridized carbons (Fsp3) is 0.250. The van der Waals surface area contributed by atoms with Crippen molar-refractivity contribution in [1.82, 2.24) is 14.9 Å². The van der Waals surface area contributed by atoms with E-state index in [1.54, 1.807) is 81.7 Å². The number of carbonyl (C=O) groups excluding carboxylic acids is 2. The number of pyridine rings is 1. The van der Waals surface area contributed by atoms with Gasteiger partial charge in [0.25, 0.3) is 17.4 Å². The third kappa shape index (κ3) is 6.52. The number of aryl methyl sites for hydroxylation is 1. The molecule has 0 saturated heterocycles. The Labute approximate surface area is 266 Å². The molecule has 1 aliphatic rings. The summed E-state index contributed by atoms with van der Waals surface area (Å²) in [6, 6.07) is 21.2. The number of carbonyl (C=O) groups is 2. The number of rotatable bonds is 10. The number of anilines is 2. The summed E-state index contributed by atoms with van der Waals surface area (Å²) in [5.41, 5.74) is 9.46. The maximum absolute atomic E-state index is 13.3. The highest BCUT2D eigenvalue weighted by molar-refractivity contribution is 6.06. The van der Waals surface area contributed by atoms with Gasteiger partial charge in [-0.1, -0.05) is 30.3 Å². The number of aliphatic hydroxyl groups is 1. The van der Waals surface area contributed by atoms with E-state index in [-0.39, 0.29) is 29.6 Å². The van der Waals surface area contributed by atoms with Crippen molar-refractivity contribution in [2.45, 2.75) is 38.8 Å². The molecule has 0 spiro atoms. The van der Waals surface area contributed by atoms with Crippen molar-refractivity contribution in [3.05, 3.63) is 112 Å². The van der Waals surface area contributed by atoms with Crippen molar-refractivity contribution in [1.29, 1.82) is 0 Å². The largest absolute Gasteiger partial charge is 0.493 e. The lowest BCUT2D eigenvalue weighted by Gasteiger charge is -2.21. The van der Waals surface area contributed by atoms with Crippen LogP contribution in [-0.4, -0.2) is 33.1 Å². The first-order chi connectivity index (χ1) is 22.0. The Kier molecular flexibility index (Phi) is 8.14. The van der Waals surface area contributed by atoms with Crippen LogP contribution in [0.15, 0.2) is 83.8 Å². The van der Waals surface area contributed by atoms with Crippen molar-refractivity contribution >= 4 is 34.1 Å². The van der Waals surface area contributed by atoms with Gasteiger partial charge < -0.3 is 35.8 Å². The highest BCUT2D eigenvalue weighted by Crippen LogP contribution is 2.39. The van der Waals surface area contributed by atoms with Crippen LogP contribution < -0.4 is 26.7 Å². The summed E-state index contributed by atoms with van der Waals surface area (Å²) in [7, 11) is 1.66. The standard InChI is InChI=1S/C36H37N5O5/c1-36(2,45)24-14-15-31(46-20-22-8-9-22)25(16-24)27-19-41(3)35(44)32-26(27)17-30(39-32)34(43)38-18-21-10-12-23(13-11-21)33(42)40-29-7-5-4-6-28(29)37/h4-7,10-17,19,22,39,45H,8-9,18,20,37H2,1-3H3,(H,38,43)(H,40,42). The van der Waals surface area contributed by atoms with Crippen molar-refractivity contribution in [3.63, 3.8) is 0 Å². The van der Waals surface area contributed by atoms with Crippen molar-refractivity contribution < 1.29 is 19.4 Å². The molecule has 2 aromatic heterocycles. The average Bonchev–Trinajstić information content (AvgIpc) is 3.76. The smallest absolute Gasteiger partial charge is 0.274 e. The van der Waals surface area contributed by atoms with Crippen LogP contribution in [0.25, 0.3) is 22.0 Å². The van der Waals surface area contributed by atoms with Gasteiger partial charge in [0.1, 0.15) is 17.0 Å². The van der Waals surface area contributed by atoms with Gasteiger partial charge in [0.05, 0.1) is 23.6 Å². The van der Waals surface area contributed by atoms with Gasteiger partial charge in [-0.15, -0.1) is 0 Å². The van der Waals surface area contributed by atoms with Crippen LogP contribution in [0.4, 0.5) is 11.4 Å². The molecule has 10 heteroatoms. The zero-order chi connectivity index (χ0) is 32.6. The highest BCUT2D eigenvalue weighted by atomic mass is 16.5. The second kappa shape index (κ2) is 12.2. The first-order valence-electron chi connectivity index (χ1n) is 15.2. The number of para-hydroxylation sites is 2. The van der Waals surface area contributed by atoms with Crippen molar-refractivity contribution in [2.75, 3.05) is 17.7 Å². The molecule has 1 saturated carbocycles. The van der Waals surface area contributed by atoms with E-state index < -0.39 is 5.60 Å². The number of ether oxygens (including phenoxy) is 1. The molecule has 6 N–H and O–H groups in total. The van der Waals surface area contributed by atoms with Crippen LogP contribution in [0.3, 0.4) is 0 Å². The molecular weight excluding hydrogens is 582 g/mol. The minimum Gasteiger partial charge on any atom is -0.493 e. The molecule has 236 valence electrons. The molecule has 0 atom stereocenters. The van der Waals surface area contributed by atoms with Crippen molar-refractivity contribution in [2.24, 2.45) is 13.0 Å². The lowest BCUT2D eigenvalue weighted by atomic mass is 9.93. The summed E-state index contributed by atoms with van der Waals surface area (Å²) >= 11 is 0. The molecule has 1 aliphatic carbocycles. The molecular formula is C36H37N5O5. The van der Waals surface area contributed by atoms with E-state index in [9.17, 15) is 19.5 Å². The summed E-state index contributed by atoms with van der Waals surface area (Å²) in [6.07, 6.45) is 4.01. The number of nitrogen functional groups attached to an aromatic ring is 1. The maximum Gasteiger partial charge on any atom is 0.274 e. The number of nitrogens with one attached hydrogen (secondary N) is 3. The number of aromatic nitrogens is 2. The Morgan fingerprint density at radius 2 is 1.76 bits per heavy atom. The monoisotopic (exact) mass is 619 g/mol. The highest BCUT2D eigenvalue weighted by Gasteiger charge is 2.25. The summed E-state index contributed by atoms with van der Waals surface area (Å²) < 4.78 is 7.69. The number of H-pyrrole nitrogens is 1. The molecule has 5 aromatic rings. The predicted octanol–water partition coefficient (Wildman–Crippen LogP) is 5.31. The van der Waals surface area contributed by atoms with Gasteiger partial charge in [0.15, 0.2) is 0 Å². The van der Waals surface area contributed by atoms with Gasteiger partial charge in [0.2, 0.25) is 0 Å². The number of benzene rings is 3. The molecule has 2 amide bonds. The average molecular weight is 620 g/mol. The number of aromatic amines is 1. The molecule has 0 bridgehead atoms. The van der Waals surface area contributed by atoms with Gasteiger partial charge >= 0.3 is 0 Å². The van der Waals surface area contributed by atoms with Crippen LogP contribution in [0.5, 0.6) is 5.75 Å². The van der Waals surface area contributed by atoms with E-state index in [0.717, 1.165) is 24.0 Å². The normalized spacial score (nSPS) is 13.0. The molecule has 1 fully saturated rings. The number of hydrogen-bond donors (Lipinski definition) is 5. The minimum absolute atomic E-state index is 0.208. The maximum atomic E-state index is 13.3. The van der Waals surface area contributed by atoms with Crippen LogP contribution >= 0.6 is 0 Å². The van der Waals surface area contributed by atoms with Crippen LogP contribution in [0, 0.1) is 5.92 Å². The van der Waals surface area contributed by atoms with E-state index in [2.05, 4.69) is 15.6 Å². The zero-order valence-corrected chi connectivity index (χ0v) is 26.0. The fourth-order valence-electron chi connectivity index (χ4n) is 5.27. The van der Waals surface area contributed by atoms with Crippen LogP contribution in [0.2, 0.25) is 0 Å². The molecule has 3 aromatic carbocycles. The molecule has 46 heavy (non-hydrogen) atoms. The second-order valence-electron chi connectivity index (χ2n) is 12.4. The zero-order valence-electron chi connectivity index (χ0n) is 26.0. The molecule has 0 aliphatic heterocycles. The first kappa shape index (κ1) is 30.7. The number of amides is 2. The second-order valence-corrected chi connectivity index (χ2v) is 12.4. The SMILES string of the molecule is Cn1cc(-c2cc(C(C)(C)O)ccc2OCC2CC2)c2cc(C(=O)NCc3ccc(C(=O)Nc4ccccc4N)cc3)[nH]c2c1=O. The minimum atomic E-state index is -1.09. The van der Waals surface area contributed by atoms with Gasteiger partial charge in [-0.05, 0) is 86.2 Å². The van der Waals surface area contributed by atoms with Gasteiger partial charge in [-0.3, -0.25) is 14.4 Å². The lowest BCUT2D eigenvalue weighted by molar-refractivity contribution is 0.0785. The molecule has 2 heterocycles. The van der Waals surface area contributed by atoms with Crippen molar-refractivity contribution in [3.8, 4) is 16.9 Å². The van der Waals surface area contributed by atoms with Gasteiger partial charge in [-0.25, -0.2) is 0 Å². The first-order valence-corrected chi connectivity index (χ1v) is 15.2. The predicted molar refractivity (Wildman–Crippen MR) is 179 cm³/mol. The van der Waals surface area contributed by atoms with Gasteiger partial charge in [0, 0.05) is 41.9 Å². The Bertz CT molecular complexity index is 2000. The molecule has 0 radical (unpaired) electrons. The quantitative estimate of drug-likeness (QED) is 0.134. The number of nitrogens with two attached hydrogens (primary N) is 1. The van der Waals surface area contributed by atoms with E-state index in [4.69, 9.17) is 10.5 Å². The van der Waals surface area contributed by atoms with E-state index in [1.165, 1.54) is 4.57 Å². The molecule has 0 unspecified atom stereocenters. The summed E-state index contributed by atoms with van der Waals surface area (Å²) in [5, 5.41) is 17.0. The lowest BCUT2D eigenvalue weighted by Crippen LogP contribution is -2.23. The van der Waals surface area contributed by atoms with Crippen LogP contribution in [0.1, 0.15) is 58.7 Å². The number of nitrogens with zero attached hydrogens (tertiary/aromatic N) is 1.